The van der Waals surface area contributed by atoms with Crippen molar-refractivity contribution < 1.29 is 0 Å². The van der Waals surface area contributed by atoms with Gasteiger partial charge in [0.15, 0.2) is 0 Å². The van der Waals surface area contributed by atoms with Crippen molar-refractivity contribution in [2.45, 2.75) is 27.2 Å². The van der Waals surface area contributed by atoms with E-state index in [0.717, 1.165) is 13.1 Å². The average Bonchev–Trinajstić information content (AvgIpc) is 2.36. The highest BCUT2D eigenvalue weighted by Gasteiger charge is 2.04. The van der Waals surface area contributed by atoms with Crippen molar-refractivity contribution in [3.63, 3.8) is 0 Å². The SMILES string of the molecule is CC(C)(C)C#C/C=C1/CCNC1. The van der Waals surface area contributed by atoms with Gasteiger partial charge in [0.25, 0.3) is 0 Å². The molecule has 0 radical (unpaired) electrons. The quantitative estimate of drug-likeness (QED) is 0.538. The molecule has 1 nitrogen and oxygen atoms in total. The van der Waals surface area contributed by atoms with Gasteiger partial charge in [0.2, 0.25) is 0 Å². The Morgan fingerprint density at radius 2 is 2.17 bits per heavy atom. The third-order valence-corrected chi connectivity index (χ3v) is 1.70. The van der Waals surface area contributed by atoms with E-state index in [0.29, 0.717) is 0 Å². The van der Waals surface area contributed by atoms with Crippen molar-refractivity contribution in [1.82, 2.24) is 5.32 Å². The molecule has 0 unspecified atom stereocenters. The van der Waals surface area contributed by atoms with Crippen molar-refractivity contribution in [3.05, 3.63) is 11.6 Å². The fourth-order valence-electron chi connectivity index (χ4n) is 1.06. The van der Waals surface area contributed by atoms with E-state index in [1.807, 2.05) is 0 Å². The highest BCUT2D eigenvalue weighted by atomic mass is 14.9. The Hall–Kier alpha value is -0.740. The molecule has 1 fully saturated rings. The van der Waals surface area contributed by atoms with E-state index in [1.165, 1.54) is 12.0 Å². The molecule has 0 atom stereocenters. The highest BCUT2D eigenvalue weighted by molar-refractivity contribution is 5.25. The van der Waals surface area contributed by atoms with Crippen LogP contribution >= 0.6 is 0 Å². The predicted molar refractivity (Wildman–Crippen MR) is 52.8 cm³/mol. The minimum atomic E-state index is 0.128. The molecule has 0 saturated carbocycles. The smallest absolute Gasteiger partial charge is 0.0233 e. The van der Waals surface area contributed by atoms with Crippen molar-refractivity contribution in [1.29, 1.82) is 0 Å². The number of allylic oxidation sites excluding steroid dienone is 1. The summed E-state index contributed by atoms with van der Waals surface area (Å²) in [5.41, 5.74) is 1.56. The van der Waals surface area contributed by atoms with Gasteiger partial charge >= 0.3 is 0 Å². The molecule has 1 heteroatoms. The molecule has 0 amide bonds. The Bertz CT molecular complexity index is 224. The van der Waals surface area contributed by atoms with Gasteiger partial charge in [0.05, 0.1) is 0 Å². The summed E-state index contributed by atoms with van der Waals surface area (Å²) in [6.07, 6.45) is 3.23. The Morgan fingerprint density at radius 1 is 1.42 bits per heavy atom. The summed E-state index contributed by atoms with van der Waals surface area (Å²) in [5.74, 6) is 6.31. The van der Waals surface area contributed by atoms with E-state index in [-0.39, 0.29) is 5.41 Å². The van der Waals surface area contributed by atoms with Gasteiger partial charge in [-0.15, -0.1) is 0 Å². The first-order valence-electron chi connectivity index (χ1n) is 4.49. The van der Waals surface area contributed by atoms with Crippen molar-refractivity contribution >= 4 is 0 Å². The molecule has 66 valence electrons. The fourth-order valence-corrected chi connectivity index (χ4v) is 1.06. The van der Waals surface area contributed by atoms with Crippen LogP contribution in [-0.4, -0.2) is 13.1 Å². The maximum Gasteiger partial charge on any atom is 0.0233 e. The van der Waals surface area contributed by atoms with Gasteiger partial charge in [0, 0.05) is 12.0 Å². The zero-order chi connectivity index (χ0) is 9.03. The molecule has 1 N–H and O–H groups in total. The number of hydrogen-bond donors (Lipinski definition) is 1. The van der Waals surface area contributed by atoms with Gasteiger partial charge in [-0.3, -0.25) is 0 Å². The second kappa shape index (κ2) is 3.78. The predicted octanol–water partition coefficient (Wildman–Crippen LogP) is 1.96. The molecule has 1 aliphatic heterocycles. The molecule has 0 bridgehead atoms. The van der Waals surface area contributed by atoms with Gasteiger partial charge in [0.1, 0.15) is 0 Å². The third kappa shape index (κ3) is 3.59. The fraction of sp³-hybridized carbons (Fsp3) is 0.636. The van der Waals surface area contributed by atoms with E-state index in [2.05, 4.69) is 44.0 Å². The second-order valence-corrected chi connectivity index (χ2v) is 4.25. The Balaban J connectivity index is 2.50. The first kappa shape index (κ1) is 9.35. The van der Waals surface area contributed by atoms with Crippen LogP contribution < -0.4 is 5.32 Å². The van der Waals surface area contributed by atoms with E-state index in [9.17, 15) is 0 Å². The van der Waals surface area contributed by atoms with Gasteiger partial charge in [-0.25, -0.2) is 0 Å². The summed E-state index contributed by atoms with van der Waals surface area (Å²) < 4.78 is 0. The van der Waals surface area contributed by atoms with Gasteiger partial charge in [-0.05, 0) is 45.4 Å². The normalized spacial score (nSPS) is 20.8. The van der Waals surface area contributed by atoms with Crippen LogP contribution in [0.4, 0.5) is 0 Å². The van der Waals surface area contributed by atoms with Crippen molar-refractivity contribution in [2.24, 2.45) is 5.41 Å². The minimum absolute atomic E-state index is 0.128. The summed E-state index contributed by atoms with van der Waals surface area (Å²) in [6.45, 7) is 8.53. The first-order chi connectivity index (χ1) is 5.58. The molecule has 1 aliphatic rings. The maximum atomic E-state index is 3.28. The lowest BCUT2D eigenvalue weighted by Gasteiger charge is -2.06. The van der Waals surface area contributed by atoms with Crippen LogP contribution in [0.3, 0.4) is 0 Å². The molecule has 0 aliphatic carbocycles. The van der Waals surface area contributed by atoms with Gasteiger partial charge in [-0.2, -0.15) is 0 Å². The van der Waals surface area contributed by atoms with Crippen molar-refractivity contribution in [3.8, 4) is 11.8 Å². The van der Waals surface area contributed by atoms with Crippen LogP contribution in [0.2, 0.25) is 0 Å². The first-order valence-corrected chi connectivity index (χ1v) is 4.49. The Kier molecular flexibility index (Phi) is 2.94. The lowest BCUT2D eigenvalue weighted by molar-refractivity contribution is 0.571. The number of nitrogens with one attached hydrogen (secondary N) is 1. The van der Waals surface area contributed by atoms with Crippen molar-refractivity contribution in [2.75, 3.05) is 13.1 Å². The molecule has 0 spiro atoms. The molecule has 0 aromatic rings. The molecule has 0 aromatic carbocycles. The molecular weight excluding hydrogens is 146 g/mol. The van der Waals surface area contributed by atoms with E-state index >= 15 is 0 Å². The van der Waals surface area contributed by atoms with Crippen LogP contribution in [0.25, 0.3) is 0 Å². The lowest BCUT2D eigenvalue weighted by atomic mass is 9.98. The van der Waals surface area contributed by atoms with Crippen LogP contribution in [0.1, 0.15) is 27.2 Å². The largest absolute Gasteiger partial charge is 0.313 e. The topological polar surface area (TPSA) is 12.0 Å². The molecule has 12 heavy (non-hydrogen) atoms. The van der Waals surface area contributed by atoms with Crippen LogP contribution in [0, 0.1) is 17.3 Å². The van der Waals surface area contributed by atoms with Crippen LogP contribution in [0.15, 0.2) is 11.6 Å². The summed E-state index contributed by atoms with van der Waals surface area (Å²) >= 11 is 0. The molecule has 1 saturated heterocycles. The third-order valence-electron chi connectivity index (χ3n) is 1.70. The number of rotatable bonds is 0. The zero-order valence-electron chi connectivity index (χ0n) is 8.20. The second-order valence-electron chi connectivity index (χ2n) is 4.25. The maximum absolute atomic E-state index is 3.28. The summed E-state index contributed by atoms with van der Waals surface area (Å²) in [6, 6.07) is 0. The van der Waals surface area contributed by atoms with E-state index in [1.54, 1.807) is 0 Å². The highest BCUT2D eigenvalue weighted by Crippen LogP contribution is 2.10. The summed E-state index contributed by atoms with van der Waals surface area (Å²) in [5, 5.41) is 3.28. The summed E-state index contributed by atoms with van der Waals surface area (Å²) in [4.78, 5) is 0. The number of hydrogen-bond acceptors (Lipinski definition) is 1. The Morgan fingerprint density at radius 3 is 2.67 bits per heavy atom. The standard InChI is InChI=1S/C11H17N/c1-11(2,3)7-4-5-10-6-8-12-9-10/h5,12H,6,8-9H2,1-3H3/b10-5-. The summed E-state index contributed by atoms with van der Waals surface area (Å²) in [7, 11) is 0. The van der Waals surface area contributed by atoms with E-state index in [4.69, 9.17) is 0 Å². The van der Waals surface area contributed by atoms with Gasteiger partial charge < -0.3 is 5.32 Å². The lowest BCUT2D eigenvalue weighted by Crippen LogP contribution is -2.04. The van der Waals surface area contributed by atoms with Gasteiger partial charge in [-0.1, -0.05) is 11.8 Å². The van der Waals surface area contributed by atoms with E-state index < -0.39 is 0 Å². The molecule has 1 rings (SSSR count). The Labute approximate surface area is 75.2 Å². The molecule has 0 aromatic heterocycles. The molecular formula is C11H17N. The molecule has 1 heterocycles. The monoisotopic (exact) mass is 163 g/mol. The van der Waals surface area contributed by atoms with Crippen LogP contribution in [0.5, 0.6) is 0 Å². The minimum Gasteiger partial charge on any atom is -0.313 e. The zero-order valence-corrected chi connectivity index (χ0v) is 8.20. The average molecular weight is 163 g/mol. The van der Waals surface area contributed by atoms with Crippen LogP contribution in [-0.2, 0) is 0 Å².